The van der Waals surface area contributed by atoms with Crippen molar-refractivity contribution in [2.24, 2.45) is 0 Å². The van der Waals surface area contributed by atoms with Crippen molar-refractivity contribution >= 4 is 33.3 Å². The summed E-state index contributed by atoms with van der Waals surface area (Å²) < 4.78 is 5.39. The fraction of sp³-hybridized carbons (Fsp3) is 0.533. The molecule has 2 aliphatic rings. The first-order valence-corrected chi connectivity index (χ1v) is 8.74. The average molecular weight is 333 g/mol. The third-order valence-electron chi connectivity index (χ3n) is 4.35. The Balaban J connectivity index is 1.42. The summed E-state index contributed by atoms with van der Waals surface area (Å²) >= 11 is 1.63. The van der Waals surface area contributed by atoms with Gasteiger partial charge in [-0.25, -0.2) is 9.97 Å². The SMILES string of the molecule is O=C(C1COCCN1)N1CCN(c2ncnc3sccc23)CC1. The summed E-state index contributed by atoms with van der Waals surface area (Å²) in [5, 5.41) is 6.37. The zero-order valence-electron chi connectivity index (χ0n) is 12.8. The smallest absolute Gasteiger partial charge is 0.242 e. The maximum Gasteiger partial charge on any atom is 0.242 e. The molecule has 0 aromatic carbocycles. The Morgan fingerprint density at radius 1 is 1.30 bits per heavy atom. The Kier molecular flexibility index (Phi) is 4.11. The maximum absolute atomic E-state index is 12.5. The second-order valence-corrected chi connectivity index (χ2v) is 6.63. The summed E-state index contributed by atoms with van der Waals surface area (Å²) in [5.41, 5.74) is 0. The first-order valence-electron chi connectivity index (χ1n) is 7.86. The number of carbonyl (C=O) groups is 1. The predicted molar refractivity (Wildman–Crippen MR) is 88.8 cm³/mol. The number of fused-ring (bicyclic) bond motifs is 1. The van der Waals surface area contributed by atoms with Gasteiger partial charge in [-0.2, -0.15) is 0 Å². The molecule has 2 aromatic rings. The van der Waals surface area contributed by atoms with E-state index in [4.69, 9.17) is 4.74 Å². The first-order chi connectivity index (χ1) is 11.3. The Morgan fingerprint density at radius 3 is 2.96 bits per heavy atom. The number of thiophene rings is 1. The molecule has 0 bridgehead atoms. The second-order valence-electron chi connectivity index (χ2n) is 5.73. The van der Waals surface area contributed by atoms with Crippen molar-refractivity contribution in [2.75, 3.05) is 50.8 Å². The number of hydrogen-bond acceptors (Lipinski definition) is 7. The predicted octanol–water partition coefficient (Wildman–Crippen LogP) is 0.328. The summed E-state index contributed by atoms with van der Waals surface area (Å²) in [4.78, 5) is 26.4. The van der Waals surface area contributed by atoms with E-state index >= 15 is 0 Å². The molecule has 2 aromatic heterocycles. The highest BCUT2D eigenvalue weighted by Crippen LogP contribution is 2.27. The van der Waals surface area contributed by atoms with Gasteiger partial charge in [0.05, 0.1) is 18.6 Å². The van der Waals surface area contributed by atoms with Crippen LogP contribution in [0, 0.1) is 0 Å². The fourth-order valence-corrected chi connectivity index (χ4v) is 3.84. The second kappa shape index (κ2) is 6.38. The number of hydrogen-bond donors (Lipinski definition) is 1. The van der Waals surface area contributed by atoms with Crippen molar-refractivity contribution in [3.8, 4) is 0 Å². The topological polar surface area (TPSA) is 70.6 Å². The average Bonchev–Trinajstić information content (AvgIpc) is 3.11. The van der Waals surface area contributed by atoms with Crippen LogP contribution in [0.1, 0.15) is 0 Å². The lowest BCUT2D eigenvalue weighted by Gasteiger charge is -2.37. The van der Waals surface area contributed by atoms with Crippen molar-refractivity contribution in [2.45, 2.75) is 6.04 Å². The van der Waals surface area contributed by atoms with Gasteiger partial charge in [-0.05, 0) is 11.4 Å². The van der Waals surface area contributed by atoms with E-state index in [9.17, 15) is 4.79 Å². The molecule has 0 spiro atoms. The Bertz CT molecular complexity index is 692. The molecule has 2 fully saturated rings. The van der Waals surface area contributed by atoms with Crippen LogP contribution in [0.25, 0.3) is 10.2 Å². The number of rotatable bonds is 2. The Morgan fingerprint density at radius 2 is 2.17 bits per heavy atom. The van der Waals surface area contributed by atoms with E-state index < -0.39 is 0 Å². The lowest BCUT2D eigenvalue weighted by Crippen LogP contribution is -2.57. The van der Waals surface area contributed by atoms with Crippen LogP contribution in [0.4, 0.5) is 5.82 Å². The van der Waals surface area contributed by atoms with Crippen molar-refractivity contribution in [1.82, 2.24) is 20.2 Å². The number of amides is 1. The van der Waals surface area contributed by atoms with Gasteiger partial charge in [0, 0.05) is 32.7 Å². The lowest BCUT2D eigenvalue weighted by molar-refractivity contribution is -0.136. The molecule has 4 heterocycles. The minimum atomic E-state index is -0.196. The van der Waals surface area contributed by atoms with E-state index in [1.54, 1.807) is 17.7 Å². The van der Waals surface area contributed by atoms with E-state index in [1.807, 2.05) is 10.3 Å². The molecule has 0 radical (unpaired) electrons. The summed E-state index contributed by atoms with van der Waals surface area (Å²) in [5.74, 6) is 1.12. The van der Waals surface area contributed by atoms with Crippen LogP contribution < -0.4 is 10.2 Å². The molecule has 2 aliphatic heterocycles. The molecule has 4 rings (SSSR count). The number of carbonyl (C=O) groups excluding carboxylic acids is 1. The zero-order chi connectivity index (χ0) is 15.6. The van der Waals surface area contributed by atoms with Crippen LogP contribution in [0.3, 0.4) is 0 Å². The summed E-state index contributed by atoms with van der Waals surface area (Å²) in [6.07, 6.45) is 1.62. The minimum absolute atomic E-state index is 0.146. The molecule has 23 heavy (non-hydrogen) atoms. The van der Waals surface area contributed by atoms with Gasteiger partial charge in [-0.15, -0.1) is 11.3 Å². The van der Waals surface area contributed by atoms with Crippen molar-refractivity contribution in [3.63, 3.8) is 0 Å². The van der Waals surface area contributed by atoms with E-state index in [-0.39, 0.29) is 11.9 Å². The van der Waals surface area contributed by atoms with Crippen LogP contribution in [0.5, 0.6) is 0 Å². The third-order valence-corrected chi connectivity index (χ3v) is 5.17. The highest BCUT2D eigenvalue weighted by atomic mass is 32.1. The molecule has 2 saturated heterocycles. The van der Waals surface area contributed by atoms with Gasteiger partial charge in [0.1, 0.15) is 23.0 Å². The highest BCUT2D eigenvalue weighted by molar-refractivity contribution is 7.16. The molecule has 8 heteroatoms. The fourth-order valence-electron chi connectivity index (χ4n) is 3.11. The maximum atomic E-state index is 12.5. The van der Waals surface area contributed by atoms with Gasteiger partial charge in [0.2, 0.25) is 5.91 Å². The van der Waals surface area contributed by atoms with Crippen molar-refractivity contribution in [1.29, 1.82) is 0 Å². The summed E-state index contributed by atoms with van der Waals surface area (Å²) in [6.45, 7) is 4.91. The molecule has 1 atom stereocenters. The largest absolute Gasteiger partial charge is 0.378 e. The highest BCUT2D eigenvalue weighted by Gasteiger charge is 2.29. The van der Waals surface area contributed by atoms with E-state index in [0.29, 0.717) is 26.3 Å². The first kappa shape index (κ1) is 14.8. The number of aromatic nitrogens is 2. The van der Waals surface area contributed by atoms with Crippen molar-refractivity contribution in [3.05, 3.63) is 17.8 Å². The molecule has 0 aliphatic carbocycles. The molecule has 1 N–H and O–H groups in total. The normalized spacial score (nSPS) is 22.5. The van der Waals surface area contributed by atoms with Crippen LogP contribution in [-0.2, 0) is 9.53 Å². The molecule has 0 saturated carbocycles. The van der Waals surface area contributed by atoms with Crippen LogP contribution in [0.2, 0.25) is 0 Å². The molecule has 1 amide bonds. The van der Waals surface area contributed by atoms with Gasteiger partial charge in [-0.3, -0.25) is 4.79 Å². The van der Waals surface area contributed by atoms with Gasteiger partial charge < -0.3 is 19.9 Å². The minimum Gasteiger partial charge on any atom is -0.378 e. The van der Waals surface area contributed by atoms with Gasteiger partial charge >= 0.3 is 0 Å². The van der Waals surface area contributed by atoms with Gasteiger partial charge in [-0.1, -0.05) is 0 Å². The molecular weight excluding hydrogens is 314 g/mol. The van der Waals surface area contributed by atoms with E-state index in [1.165, 1.54) is 0 Å². The molecule has 1 unspecified atom stereocenters. The van der Waals surface area contributed by atoms with Crippen molar-refractivity contribution < 1.29 is 9.53 Å². The number of nitrogens with zero attached hydrogens (tertiary/aromatic N) is 4. The van der Waals surface area contributed by atoms with Crippen LogP contribution >= 0.6 is 11.3 Å². The number of nitrogens with one attached hydrogen (secondary N) is 1. The summed E-state index contributed by atoms with van der Waals surface area (Å²) in [6, 6.07) is 1.87. The number of morpholine rings is 1. The zero-order valence-corrected chi connectivity index (χ0v) is 13.6. The van der Waals surface area contributed by atoms with Crippen LogP contribution in [-0.4, -0.2) is 72.8 Å². The number of piperazine rings is 1. The monoisotopic (exact) mass is 333 g/mol. The molecular formula is C15H19N5O2S. The van der Waals surface area contributed by atoms with Gasteiger partial charge in [0.25, 0.3) is 0 Å². The van der Waals surface area contributed by atoms with Gasteiger partial charge in [0.15, 0.2) is 0 Å². The van der Waals surface area contributed by atoms with E-state index in [0.717, 1.165) is 35.7 Å². The third kappa shape index (κ3) is 2.89. The summed E-state index contributed by atoms with van der Waals surface area (Å²) in [7, 11) is 0. The Labute approximate surface area is 138 Å². The number of anilines is 1. The lowest BCUT2D eigenvalue weighted by atomic mass is 10.2. The quantitative estimate of drug-likeness (QED) is 0.854. The van der Waals surface area contributed by atoms with E-state index in [2.05, 4.69) is 26.3 Å². The molecule has 122 valence electrons. The Hall–Kier alpha value is -1.77. The number of ether oxygens (including phenoxy) is 1. The van der Waals surface area contributed by atoms with Crippen LogP contribution in [0.15, 0.2) is 17.8 Å². The molecule has 7 nitrogen and oxygen atoms in total. The standard InChI is InChI=1S/C15H19N5O2S/c21-15(12-9-22-7-2-16-12)20-5-3-19(4-6-20)13-11-1-8-23-14(11)18-10-17-13/h1,8,10,12,16H,2-7,9H2.